The van der Waals surface area contributed by atoms with E-state index in [0.29, 0.717) is 52.1 Å². The molecule has 0 radical (unpaired) electrons. The molecule has 0 bridgehead atoms. The molecule has 3 spiro atoms. The van der Waals surface area contributed by atoms with Crippen molar-refractivity contribution in [3.63, 3.8) is 0 Å². The normalized spacial score (nSPS) is 16.3. The molecule has 15 rings (SSSR count). The van der Waals surface area contributed by atoms with Crippen LogP contribution in [0.25, 0.3) is 11.0 Å². The van der Waals surface area contributed by atoms with E-state index in [0.717, 1.165) is 150 Å². The maximum atomic E-state index is 14.2. The Morgan fingerprint density at radius 1 is 0.456 bits per heavy atom. The van der Waals surface area contributed by atoms with Gasteiger partial charge in [-0.05, 0) is 184 Å². The molecule has 1 atom stereocenters. The lowest BCUT2D eigenvalue weighted by Gasteiger charge is -2.38. The van der Waals surface area contributed by atoms with Gasteiger partial charge in [-0.3, -0.25) is 28.5 Å². The minimum absolute atomic E-state index is 0.0741. The molecule has 530 valence electrons. The van der Waals surface area contributed by atoms with Crippen molar-refractivity contribution in [2.75, 3.05) is 14.2 Å². The zero-order valence-electron chi connectivity index (χ0n) is 55.3. The van der Waals surface area contributed by atoms with Crippen LogP contribution in [0.4, 0.5) is 43.4 Å². The van der Waals surface area contributed by atoms with Crippen molar-refractivity contribution in [2.45, 2.75) is 121 Å². The van der Waals surface area contributed by atoms with Crippen molar-refractivity contribution in [3.05, 3.63) is 296 Å². The van der Waals surface area contributed by atoms with Crippen molar-refractivity contribution in [2.24, 2.45) is 0 Å². The van der Waals surface area contributed by atoms with Gasteiger partial charge in [0, 0.05) is 59.2 Å². The summed E-state index contributed by atoms with van der Waals surface area (Å²) in [6, 6.07) is 45.3. The molecular formula is C78H67BBrF6N3O11S3. The molecule has 0 saturated heterocycles. The highest BCUT2D eigenvalue weighted by atomic mass is 79.9. The first kappa shape index (κ1) is 73.5. The van der Waals surface area contributed by atoms with Crippen LogP contribution in [0.1, 0.15) is 132 Å². The van der Waals surface area contributed by atoms with Crippen molar-refractivity contribution in [1.82, 2.24) is 0 Å². The third-order valence-corrected chi connectivity index (χ3v) is 25.4. The second-order valence-corrected chi connectivity index (χ2v) is 32.3. The fourth-order valence-electron chi connectivity index (χ4n) is 14.6. The third-order valence-electron chi connectivity index (χ3n) is 20.5. The van der Waals surface area contributed by atoms with Crippen molar-refractivity contribution < 1.29 is 76.0 Å². The molecule has 6 aliphatic carbocycles. The van der Waals surface area contributed by atoms with Gasteiger partial charge in [0.25, 0.3) is 30.1 Å². The Morgan fingerprint density at radius 2 is 0.806 bits per heavy atom. The number of hydrogen-bond acceptors (Lipinski definition) is 11. The monoisotopic (exact) mass is 1520 g/mol. The maximum absolute atomic E-state index is 14.2. The lowest BCUT2D eigenvalue weighted by molar-refractivity contribution is -0.126. The topological polar surface area (TPSA) is 230 Å². The number of Topliss-reactive ketones (excluding diaryl/α,β-unsaturated/α-hetero) is 3. The number of sulfonamides is 3. The number of anilines is 3. The van der Waals surface area contributed by atoms with Crippen molar-refractivity contribution >= 4 is 98.6 Å². The van der Waals surface area contributed by atoms with E-state index in [2.05, 4.69) is 43.3 Å². The summed E-state index contributed by atoms with van der Waals surface area (Å²) in [5.74, 6) is -5.68. The Bertz CT molecular complexity index is 5300. The largest absolute Gasteiger partial charge is 0.488 e. The molecule has 0 amide bonds. The Morgan fingerprint density at radius 3 is 1.19 bits per heavy atom. The molecule has 5 N–H and O–H groups in total. The Labute approximate surface area is 601 Å². The van der Waals surface area contributed by atoms with Crippen LogP contribution in [0.3, 0.4) is 0 Å². The van der Waals surface area contributed by atoms with E-state index in [9.17, 15) is 66.0 Å². The van der Waals surface area contributed by atoms with E-state index in [1.54, 1.807) is 48.5 Å². The van der Waals surface area contributed by atoms with Crippen LogP contribution < -0.4 is 14.2 Å². The number of nitrogens with one attached hydrogen (secondary N) is 3. The summed E-state index contributed by atoms with van der Waals surface area (Å²) in [5.41, 5.74) is 9.51. The molecule has 3 fully saturated rings. The number of carbonyl (C=O) groups is 3. The highest BCUT2D eigenvalue weighted by Crippen LogP contribution is 2.56. The number of halogens is 7. The maximum Gasteiger partial charge on any atom is 0.488 e. The predicted molar refractivity (Wildman–Crippen MR) is 385 cm³/mol. The predicted octanol–water partition coefficient (Wildman–Crippen LogP) is 15.6. The van der Waals surface area contributed by atoms with Gasteiger partial charge in [-0.15, -0.1) is 0 Å². The van der Waals surface area contributed by atoms with Gasteiger partial charge in [0.05, 0.1) is 21.9 Å². The third kappa shape index (κ3) is 14.4. The summed E-state index contributed by atoms with van der Waals surface area (Å²) < 4.78 is 167. The van der Waals surface area contributed by atoms with Crippen LogP contribution in [0.2, 0.25) is 0 Å². The standard InChI is InChI=1S/C26H23F2NO3S.C26H21F2NO3S.C18H14BrF2NO3S.C8H9BO2/c2*1-16(17-6-3-2-4-7-17)20-13-19(14-22-21(20)15-25(30)26(22)10-5-11-26)29-33(31,32)24-9-8-18(27)12-23(24)28;19-14-8-11(7-13-12(14)9-17(23)18(13)4-1-5-18)22-26(24,25)16-3-2-10(20)6-15(16)21;1-7(9(10)11)8-5-3-2-4-6-8/h2-4,6-9,12-14,16,29H,5,10-11,15H2,1H3;2-4,6-9,12-14,29H,1,5,10-11,15H2;2-3,6-8,22H,1,4-5,9H2;2-6,10-11H,1H2. The minimum Gasteiger partial charge on any atom is -0.423 e. The van der Waals surface area contributed by atoms with Gasteiger partial charge in [0.2, 0.25) is 0 Å². The number of ketones is 3. The van der Waals surface area contributed by atoms with Gasteiger partial charge < -0.3 is 10.0 Å². The average molecular weight is 1520 g/mol. The lowest BCUT2D eigenvalue weighted by atomic mass is 9.64. The average Bonchev–Trinajstić information content (AvgIpc) is 1.59. The molecule has 1 unspecified atom stereocenters. The molecule has 14 nitrogen and oxygen atoms in total. The number of carbonyl (C=O) groups excluding carboxylic acids is 3. The molecule has 3 saturated carbocycles. The molecule has 0 heterocycles. The van der Waals surface area contributed by atoms with E-state index in [1.807, 2.05) is 85.8 Å². The summed E-state index contributed by atoms with van der Waals surface area (Å²) >= 11 is 3.41. The second-order valence-electron chi connectivity index (χ2n) is 26.5. The minimum atomic E-state index is -4.33. The smallest absolute Gasteiger partial charge is 0.423 e. The number of fused-ring (bicyclic) bond motifs is 6. The summed E-state index contributed by atoms with van der Waals surface area (Å²) in [6.45, 7) is 9.77. The van der Waals surface area contributed by atoms with E-state index in [4.69, 9.17) is 10.0 Å². The van der Waals surface area contributed by atoms with Gasteiger partial charge in [-0.1, -0.05) is 146 Å². The molecule has 9 aromatic carbocycles. The van der Waals surface area contributed by atoms with Crippen LogP contribution in [0.5, 0.6) is 0 Å². The molecule has 0 aromatic heterocycles. The van der Waals surface area contributed by atoms with Gasteiger partial charge in [-0.25, -0.2) is 51.6 Å². The van der Waals surface area contributed by atoms with Gasteiger partial charge in [0.15, 0.2) is 0 Å². The van der Waals surface area contributed by atoms with Crippen LogP contribution in [-0.4, -0.2) is 59.8 Å². The summed E-state index contributed by atoms with van der Waals surface area (Å²) in [6.07, 6.45) is 8.23. The Balaban J connectivity index is 0.000000136. The number of rotatable bonds is 15. The molecule has 9 aromatic rings. The van der Waals surface area contributed by atoms with Gasteiger partial charge >= 0.3 is 7.12 Å². The van der Waals surface area contributed by atoms with Crippen LogP contribution in [0.15, 0.2) is 214 Å². The number of benzene rings is 9. The quantitative estimate of drug-likeness (QED) is 0.0479. The molecule has 25 heteroatoms. The highest BCUT2D eigenvalue weighted by molar-refractivity contribution is 9.10. The van der Waals surface area contributed by atoms with Crippen molar-refractivity contribution in [3.8, 4) is 0 Å². The SMILES string of the molecule is C=C(B(O)O)c1ccccc1.C=C(c1ccccc1)c1cc(NS(=O)(=O)c2ccc(F)cc2F)cc2c1CC(=O)C21CCC1.CC(c1ccccc1)c1cc(NS(=O)(=O)c2ccc(F)cc2F)cc2c1CC(=O)C21CCC1.O=C1Cc2c(Br)cc(NS(=O)(=O)c3ccc(F)cc3F)cc2C12CCC2. The van der Waals surface area contributed by atoms with Crippen LogP contribution in [-0.2, 0) is 80.0 Å². The van der Waals surface area contributed by atoms with Crippen LogP contribution >= 0.6 is 15.9 Å². The Kier molecular flexibility index (Phi) is 20.5. The Hall–Kier alpha value is -9.24. The summed E-state index contributed by atoms with van der Waals surface area (Å²) in [5, 5.41) is 17.5. The highest BCUT2D eigenvalue weighted by Gasteiger charge is 2.54. The molecule has 6 aliphatic rings. The zero-order chi connectivity index (χ0) is 73.7. The molecule has 0 aliphatic heterocycles. The van der Waals surface area contributed by atoms with Crippen LogP contribution in [0, 0.1) is 34.9 Å². The van der Waals surface area contributed by atoms with E-state index in [1.165, 1.54) is 0 Å². The van der Waals surface area contributed by atoms with Gasteiger partial charge in [0.1, 0.15) is 66.9 Å². The first-order valence-corrected chi connectivity index (χ1v) is 38.2. The fraction of sp³-hybridized carbons (Fsp3) is 0.218. The van der Waals surface area contributed by atoms with Crippen molar-refractivity contribution in [1.29, 1.82) is 0 Å². The summed E-state index contributed by atoms with van der Waals surface area (Å²) in [7, 11) is -14.3. The second kappa shape index (κ2) is 28.8. The first-order chi connectivity index (χ1) is 48.9. The van der Waals surface area contributed by atoms with E-state index in [-0.39, 0.29) is 46.8 Å². The molecule has 103 heavy (non-hydrogen) atoms. The molecular weight excluding hydrogens is 1460 g/mol. The van der Waals surface area contributed by atoms with E-state index >= 15 is 0 Å². The lowest BCUT2D eigenvalue weighted by Crippen LogP contribution is -2.39. The zero-order valence-corrected chi connectivity index (χ0v) is 59.3. The first-order valence-electron chi connectivity index (χ1n) is 33.0. The fourth-order valence-corrected chi connectivity index (χ4v) is 18.5. The van der Waals surface area contributed by atoms with Gasteiger partial charge in [-0.2, -0.15) is 0 Å². The van der Waals surface area contributed by atoms with E-state index < -0.39 is 103 Å². The number of hydrogen-bond donors (Lipinski definition) is 5. The summed E-state index contributed by atoms with van der Waals surface area (Å²) in [4.78, 5) is 36.5.